The summed E-state index contributed by atoms with van der Waals surface area (Å²) in [6, 6.07) is 53.8. The molecule has 0 bridgehead atoms. The third kappa shape index (κ3) is 6.13. The summed E-state index contributed by atoms with van der Waals surface area (Å²) in [6.45, 7) is 0. The van der Waals surface area contributed by atoms with Crippen LogP contribution in [-0.2, 0) is 6.42 Å². The van der Waals surface area contributed by atoms with Gasteiger partial charge in [-0.05, 0) is 138 Å². The minimum atomic E-state index is 0.655. The van der Waals surface area contributed by atoms with Crippen LogP contribution < -0.4 is 0 Å². The molecule has 0 saturated carbocycles. The van der Waals surface area contributed by atoms with Crippen molar-refractivity contribution in [1.82, 2.24) is 39.5 Å². The summed E-state index contributed by atoms with van der Waals surface area (Å²) >= 11 is 0. The number of benzene rings is 6. The topological polar surface area (TPSA) is 113 Å². The van der Waals surface area contributed by atoms with E-state index in [0.717, 1.165) is 95.3 Å². The van der Waals surface area contributed by atoms with E-state index in [1.54, 1.807) is 18.9 Å². The summed E-state index contributed by atoms with van der Waals surface area (Å²) in [5.41, 5.74) is 12.4. The summed E-state index contributed by atoms with van der Waals surface area (Å²) < 4.78 is 16.6. The van der Waals surface area contributed by atoms with Gasteiger partial charge in [-0.15, -0.1) is 20.4 Å². The molecule has 12 rings (SSSR count). The zero-order valence-corrected chi connectivity index (χ0v) is 32.4. The van der Waals surface area contributed by atoms with Gasteiger partial charge >= 0.3 is 0 Å². The molecule has 0 amide bonds. The van der Waals surface area contributed by atoms with E-state index >= 15 is 0 Å². The summed E-state index contributed by atoms with van der Waals surface area (Å²) in [4.78, 5) is 9.14. The maximum Gasteiger partial charge on any atom is 0.169 e. The van der Waals surface area contributed by atoms with Crippen molar-refractivity contribution in [3.63, 3.8) is 0 Å². The highest BCUT2D eigenvalue weighted by Gasteiger charge is 2.18. The summed E-state index contributed by atoms with van der Waals surface area (Å²) in [5.74, 6) is 2.08. The fourth-order valence-electron chi connectivity index (χ4n) is 8.33. The normalized spacial score (nSPS) is 11.7. The molecule has 6 aromatic heterocycles. The second-order valence-electron chi connectivity index (χ2n) is 15.1. The molecule has 0 aliphatic heterocycles. The lowest BCUT2D eigenvalue weighted by molar-refractivity contribution is 0.668. The molecule has 0 unspecified atom stereocenters. The van der Waals surface area contributed by atoms with Gasteiger partial charge in [0.1, 0.15) is 40.8 Å². The Morgan fingerprint density at radius 2 is 0.951 bits per heavy atom. The number of rotatable bonds is 8. The van der Waals surface area contributed by atoms with Crippen molar-refractivity contribution in [2.24, 2.45) is 0 Å². The van der Waals surface area contributed by atoms with E-state index in [9.17, 15) is 0 Å². The van der Waals surface area contributed by atoms with Crippen LogP contribution in [0.1, 0.15) is 11.1 Å². The monoisotopic (exact) mass is 788 g/mol. The average Bonchev–Trinajstić information content (AvgIpc) is 4.15. The highest BCUT2D eigenvalue weighted by molar-refractivity contribution is 6.08. The molecule has 10 nitrogen and oxygen atoms in total. The van der Waals surface area contributed by atoms with Crippen LogP contribution in [-0.4, -0.2) is 39.5 Å². The number of aromatic nitrogens is 8. The van der Waals surface area contributed by atoms with Crippen LogP contribution in [0, 0.1) is 0 Å². The molecule has 61 heavy (non-hydrogen) atoms. The zero-order chi connectivity index (χ0) is 40.3. The molecule has 0 atom stereocenters. The van der Waals surface area contributed by atoms with Crippen molar-refractivity contribution in [1.29, 1.82) is 0 Å². The molecular formula is C51H32N8O2. The largest absolute Gasteiger partial charge is 0.456 e. The average molecular weight is 789 g/mol. The maximum absolute atomic E-state index is 6.42. The second-order valence-corrected chi connectivity index (χ2v) is 15.1. The number of hydrogen-bond acceptors (Lipinski definition) is 8. The van der Waals surface area contributed by atoms with Crippen LogP contribution in [0.5, 0.6) is 0 Å². The fourth-order valence-corrected chi connectivity index (χ4v) is 8.33. The number of pyridine rings is 2. The van der Waals surface area contributed by atoms with E-state index in [4.69, 9.17) is 8.83 Å². The molecular weight excluding hydrogens is 757 g/mol. The summed E-state index contributed by atoms with van der Waals surface area (Å²) in [6.07, 6.45) is 7.76. The van der Waals surface area contributed by atoms with Gasteiger partial charge in [-0.3, -0.25) is 14.1 Å². The number of fused-ring (bicyclic) bond motifs is 6. The lowest BCUT2D eigenvalue weighted by atomic mass is 9.96. The number of nitrogens with zero attached hydrogens (tertiary/aromatic N) is 8. The lowest BCUT2D eigenvalue weighted by Gasteiger charge is -2.12. The Labute approximate surface area is 348 Å². The van der Waals surface area contributed by atoms with Gasteiger partial charge in [0.2, 0.25) is 0 Å². The number of furan rings is 2. The van der Waals surface area contributed by atoms with Gasteiger partial charge in [0.15, 0.2) is 11.6 Å². The minimum Gasteiger partial charge on any atom is -0.456 e. The van der Waals surface area contributed by atoms with Gasteiger partial charge < -0.3 is 8.83 Å². The first-order valence-electron chi connectivity index (χ1n) is 19.9. The van der Waals surface area contributed by atoms with Crippen LogP contribution in [0.2, 0.25) is 0 Å². The van der Waals surface area contributed by atoms with Gasteiger partial charge in [0.25, 0.3) is 0 Å². The van der Waals surface area contributed by atoms with Crippen molar-refractivity contribution in [3.05, 3.63) is 194 Å². The van der Waals surface area contributed by atoms with Crippen LogP contribution in [0.3, 0.4) is 0 Å². The van der Waals surface area contributed by atoms with Crippen molar-refractivity contribution < 1.29 is 8.83 Å². The van der Waals surface area contributed by atoms with Gasteiger partial charge in [-0.25, -0.2) is 4.98 Å². The molecule has 6 aromatic carbocycles. The van der Waals surface area contributed by atoms with Gasteiger partial charge in [0, 0.05) is 56.3 Å². The molecule has 0 spiro atoms. The molecule has 0 aliphatic carbocycles. The predicted molar refractivity (Wildman–Crippen MR) is 237 cm³/mol. The molecule has 12 aromatic rings. The molecule has 10 heteroatoms. The van der Waals surface area contributed by atoms with Crippen LogP contribution in [0.25, 0.3) is 101 Å². The predicted octanol–water partition coefficient (Wildman–Crippen LogP) is 11.7. The molecule has 0 N–H and O–H groups in total. The summed E-state index contributed by atoms with van der Waals surface area (Å²) in [7, 11) is 0. The highest BCUT2D eigenvalue weighted by Crippen LogP contribution is 2.38. The van der Waals surface area contributed by atoms with Crippen LogP contribution in [0.15, 0.2) is 192 Å². The summed E-state index contributed by atoms with van der Waals surface area (Å²) in [5, 5.41) is 22.1. The highest BCUT2D eigenvalue weighted by atomic mass is 16.3. The quantitative estimate of drug-likeness (QED) is 0.149. The second kappa shape index (κ2) is 14.1. The van der Waals surface area contributed by atoms with E-state index in [-0.39, 0.29) is 0 Å². The molecule has 0 fully saturated rings. The first kappa shape index (κ1) is 34.5. The zero-order valence-electron chi connectivity index (χ0n) is 32.4. The molecule has 0 radical (unpaired) electrons. The smallest absolute Gasteiger partial charge is 0.169 e. The number of para-hydroxylation sites is 1. The van der Waals surface area contributed by atoms with Crippen molar-refractivity contribution in [2.45, 2.75) is 6.42 Å². The SMILES string of the molecule is c1ccc(-n2cnnc2-c2cc(-c3ccc4oc5ccc(Cc6ccc7oc8ccc(-c9ccccn9)cc8c7c6)cc5c4c3)cc(-c3nncn3-c3ccccn3)c2)cc1. The van der Waals surface area contributed by atoms with Crippen LogP contribution >= 0.6 is 0 Å². The van der Waals surface area contributed by atoms with Gasteiger partial charge in [-0.2, -0.15) is 0 Å². The molecule has 0 saturated heterocycles. The lowest BCUT2D eigenvalue weighted by Crippen LogP contribution is -2.00. The first-order chi connectivity index (χ1) is 30.2. The standard InChI is InChI=1S/C51H32N8O2/c1-2-8-39(9-3-1)58-30-54-56-50(58)37-25-36(26-38(27-37)51-57-55-31-59(51)49-11-5-7-21-53-49)34-14-18-47-42(28-34)40-23-32(12-16-45(40)60-47)22-33-13-17-46-41(24-33)43-29-35(15-19-48(43)61-46)44-10-4-6-20-52-44/h1-21,23-31H,22H2. The third-order valence-electron chi connectivity index (χ3n) is 11.2. The van der Waals surface area contributed by atoms with E-state index in [1.807, 2.05) is 88.1 Å². The molecule has 6 heterocycles. The maximum atomic E-state index is 6.42. The first-order valence-corrected chi connectivity index (χ1v) is 19.9. The minimum absolute atomic E-state index is 0.655. The fraction of sp³-hybridized carbons (Fsp3) is 0.0196. The Morgan fingerprint density at radius 1 is 0.410 bits per heavy atom. The Balaban J connectivity index is 0.945. The van der Waals surface area contributed by atoms with Crippen molar-refractivity contribution >= 4 is 43.9 Å². The van der Waals surface area contributed by atoms with E-state index < -0.39 is 0 Å². The van der Waals surface area contributed by atoms with E-state index in [2.05, 4.69) is 115 Å². The Kier molecular flexibility index (Phi) is 7.98. The third-order valence-corrected chi connectivity index (χ3v) is 11.2. The Morgan fingerprint density at radius 3 is 1.59 bits per heavy atom. The van der Waals surface area contributed by atoms with Gasteiger partial charge in [-0.1, -0.05) is 48.5 Å². The van der Waals surface area contributed by atoms with Gasteiger partial charge in [0.05, 0.1) is 5.69 Å². The molecule has 288 valence electrons. The van der Waals surface area contributed by atoms with Crippen molar-refractivity contribution in [3.8, 4) is 56.7 Å². The Bertz CT molecular complexity index is 3470. The van der Waals surface area contributed by atoms with Crippen molar-refractivity contribution in [2.75, 3.05) is 0 Å². The number of hydrogen-bond donors (Lipinski definition) is 0. The molecule has 0 aliphatic rings. The Hall–Kier alpha value is -8.50. The van der Waals surface area contributed by atoms with Crippen LogP contribution in [0.4, 0.5) is 0 Å². The van der Waals surface area contributed by atoms with E-state index in [0.29, 0.717) is 11.6 Å². The van der Waals surface area contributed by atoms with E-state index in [1.165, 1.54) is 11.1 Å².